The number of anilines is 1. The second kappa shape index (κ2) is 6.02. The Bertz CT molecular complexity index is 656. The molecule has 1 aliphatic rings. The van der Waals surface area contributed by atoms with Crippen LogP contribution in [0.15, 0.2) is 28.7 Å². The Labute approximate surface area is 133 Å². The third-order valence-corrected chi connectivity index (χ3v) is 4.21. The zero-order chi connectivity index (χ0) is 14.8. The van der Waals surface area contributed by atoms with Gasteiger partial charge in [-0.15, -0.1) is 0 Å². The summed E-state index contributed by atoms with van der Waals surface area (Å²) < 4.78 is 6.28. The first kappa shape index (κ1) is 14.3. The van der Waals surface area contributed by atoms with Gasteiger partial charge in [0.25, 0.3) is 0 Å². The van der Waals surface area contributed by atoms with Crippen molar-refractivity contribution in [1.82, 2.24) is 9.97 Å². The molecule has 0 saturated heterocycles. The summed E-state index contributed by atoms with van der Waals surface area (Å²) in [5.74, 6) is 3.02. The molecule has 0 amide bonds. The monoisotopic (exact) mass is 347 g/mol. The van der Waals surface area contributed by atoms with E-state index < -0.39 is 0 Å². The van der Waals surface area contributed by atoms with Gasteiger partial charge in [-0.25, -0.2) is 9.97 Å². The van der Waals surface area contributed by atoms with E-state index in [1.165, 1.54) is 12.8 Å². The summed E-state index contributed by atoms with van der Waals surface area (Å²) in [6.45, 7) is 2.92. The average Bonchev–Trinajstić information content (AvgIpc) is 3.32. The third kappa shape index (κ3) is 3.18. The number of halogens is 1. The predicted molar refractivity (Wildman–Crippen MR) is 87.9 cm³/mol. The number of methoxy groups -OCH3 is 1. The molecule has 1 aromatic carbocycles. The smallest absolute Gasteiger partial charge is 0.163 e. The first-order valence-electron chi connectivity index (χ1n) is 7.18. The SMILES string of the molecule is CCNc1cc(C2CC2)nc(-c2cc(OC)ccc2Br)n1. The van der Waals surface area contributed by atoms with E-state index in [-0.39, 0.29) is 0 Å². The molecule has 4 nitrogen and oxygen atoms in total. The minimum atomic E-state index is 0.591. The maximum Gasteiger partial charge on any atom is 0.163 e. The van der Waals surface area contributed by atoms with Crippen molar-refractivity contribution in [2.45, 2.75) is 25.7 Å². The van der Waals surface area contributed by atoms with Crippen molar-refractivity contribution in [2.24, 2.45) is 0 Å². The molecule has 1 N–H and O–H groups in total. The molecule has 1 heterocycles. The van der Waals surface area contributed by atoms with E-state index >= 15 is 0 Å². The first-order valence-corrected chi connectivity index (χ1v) is 7.97. The van der Waals surface area contributed by atoms with Gasteiger partial charge in [0.2, 0.25) is 0 Å². The lowest BCUT2D eigenvalue weighted by molar-refractivity contribution is 0.415. The molecule has 2 aromatic rings. The normalized spacial score (nSPS) is 14.0. The number of rotatable bonds is 5. The average molecular weight is 348 g/mol. The van der Waals surface area contributed by atoms with Crippen molar-refractivity contribution in [3.8, 4) is 17.1 Å². The third-order valence-electron chi connectivity index (χ3n) is 3.51. The van der Waals surface area contributed by atoms with Crippen LogP contribution in [0.25, 0.3) is 11.4 Å². The van der Waals surface area contributed by atoms with Gasteiger partial charge in [-0.05, 0) is 38.0 Å². The van der Waals surface area contributed by atoms with E-state index in [4.69, 9.17) is 9.72 Å². The van der Waals surface area contributed by atoms with E-state index in [0.717, 1.165) is 39.7 Å². The minimum Gasteiger partial charge on any atom is -0.497 e. The zero-order valence-corrected chi connectivity index (χ0v) is 13.8. The first-order chi connectivity index (χ1) is 10.2. The summed E-state index contributed by atoms with van der Waals surface area (Å²) in [6.07, 6.45) is 2.45. The molecule has 0 unspecified atom stereocenters. The number of benzene rings is 1. The highest BCUT2D eigenvalue weighted by Crippen LogP contribution is 2.40. The molecule has 1 saturated carbocycles. The van der Waals surface area contributed by atoms with Gasteiger partial charge < -0.3 is 10.1 Å². The van der Waals surface area contributed by atoms with Crippen molar-refractivity contribution in [1.29, 1.82) is 0 Å². The van der Waals surface area contributed by atoms with Crippen LogP contribution in [-0.4, -0.2) is 23.6 Å². The van der Waals surface area contributed by atoms with Crippen LogP contribution in [0, 0.1) is 0 Å². The standard InChI is InChI=1S/C16H18BrN3O/c1-3-18-15-9-14(10-4-5-10)19-16(20-15)12-8-11(21-2)6-7-13(12)17/h6-10H,3-5H2,1-2H3,(H,18,19,20). The van der Waals surface area contributed by atoms with Crippen molar-refractivity contribution < 1.29 is 4.74 Å². The summed E-state index contributed by atoms with van der Waals surface area (Å²) in [5, 5.41) is 3.29. The van der Waals surface area contributed by atoms with Crippen LogP contribution in [-0.2, 0) is 0 Å². The zero-order valence-electron chi connectivity index (χ0n) is 12.2. The summed E-state index contributed by atoms with van der Waals surface area (Å²) in [6, 6.07) is 7.92. The van der Waals surface area contributed by atoms with Crippen LogP contribution in [0.5, 0.6) is 5.75 Å². The quantitative estimate of drug-likeness (QED) is 0.879. The Balaban J connectivity index is 2.07. The van der Waals surface area contributed by atoms with E-state index in [9.17, 15) is 0 Å². The molecular weight excluding hydrogens is 330 g/mol. The van der Waals surface area contributed by atoms with Crippen LogP contribution < -0.4 is 10.1 Å². The Kier molecular flexibility index (Phi) is 4.10. The van der Waals surface area contributed by atoms with Crippen LogP contribution in [0.1, 0.15) is 31.4 Å². The molecule has 3 rings (SSSR count). The Hall–Kier alpha value is -1.62. The fraction of sp³-hybridized carbons (Fsp3) is 0.375. The van der Waals surface area contributed by atoms with E-state index in [0.29, 0.717) is 5.92 Å². The second-order valence-electron chi connectivity index (χ2n) is 5.15. The molecule has 0 atom stereocenters. The molecule has 0 aliphatic heterocycles. The Morgan fingerprint density at radius 2 is 2.10 bits per heavy atom. The van der Waals surface area contributed by atoms with E-state index in [1.807, 2.05) is 18.2 Å². The van der Waals surface area contributed by atoms with Crippen molar-refractivity contribution >= 4 is 21.7 Å². The van der Waals surface area contributed by atoms with Crippen LogP contribution in [0.2, 0.25) is 0 Å². The molecule has 21 heavy (non-hydrogen) atoms. The topological polar surface area (TPSA) is 47.0 Å². The van der Waals surface area contributed by atoms with Crippen molar-refractivity contribution in [2.75, 3.05) is 19.0 Å². The lowest BCUT2D eigenvalue weighted by atomic mass is 10.2. The van der Waals surface area contributed by atoms with E-state index in [1.54, 1.807) is 7.11 Å². The van der Waals surface area contributed by atoms with Crippen LogP contribution in [0.3, 0.4) is 0 Å². The van der Waals surface area contributed by atoms with Gasteiger partial charge in [0, 0.05) is 34.3 Å². The fourth-order valence-corrected chi connectivity index (χ4v) is 2.67. The highest BCUT2D eigenvalue weighted by Gasteiger charge is 2.26. The van der Waals surface area contributed by atoms with Gasteiger partial charge in [0.1, 0.15) is 11.6 Å². The molecular formula is C16H18BrN3O. The van der Waals surface area contributed by atoms with Crippen molar-refractivity contribution in [3.63, 3.8) is 0 Å². The molecule has 1 fully saturated rings. The summed E-state index contributed by atoms with van der Waals surface area (Å²) in [7, 11) is 1.67. The highest BCUT2D eigenvalue weighted by molar-refractivity contribution is 9.10. The van der Waals surface area contributed by atoms with Gasteiger partial charge in [-0.3, -0.25) is 0 Å². The van der Waals surface area contributed by atoms with Gasteiger partial charge in [0.05, 0.1) is 7.11 Å². The Morgan fingerprint density at radius 3 is 2.76 bits per heavy atom. The number of aromatic nitrogens is 2. The molecule has 5 heteroatoms. The summed E-state index contributed by atoms with van der Waals surface area (Å²) in [4.78, 5) is 9.38. The largest absolute Gasteiger partial charge is 0.497 e. The summed E-state index contributed by atoms with van der Waals surface area (Å²) >= 11 is 3.58. The number of hydrogen-bond acceptors (Lipinski definition) is 4. The molecule has 110 valence electrons. The van der Waals surface area contributed by atoms with Gasteiger partial charge in [0.15, 0.2) is 5.82 Å². The van der Waals surface area contributed by atoms with Crippen LogP contribution >= 0.6 is 15.9 Å². The number of hydrogen-bond donors (Lipinski definition) is 1. The van der Waals surface area contributed by atoms with Gasteiger partial charge in [-0.1, -0.05) is 15.9 Å². The highest BCUT2D eigenvalue weighted by atomic mass is 79.9. The maximum absolute atomic E-state index is 5.31. The number of nitrogens with zero attached hydrogens (tertiary/aromatic N) is 2. The van der Waals surface area contributed by atoms with E-state index in [2.05, 4.69) is 39.2 Å². The predicted octanol–water partition coefficient (Wildman–Crippen LogP) is 4.22. The maximum atomic E-state index is 5.31. The molecule has 0 spiro atoms. The minimum absolute atomic E-state index is 0.591. The summed E-state index contributed by atoms with van der Waals surface area (Å²) in [5.41, 5.74) is 2.08. The van der Waals surface area contributed by atoms with Crippen LogP contribution in [0.4, 0.5) is 5.82 Å². The molecule has 1 aromatic heterocycles. The lowest BCUT2D eigenvalue weighted by Gasteiger charge is -2.11. The molecule has 0 radical (unpaired) electrons. The fourth-order valence-electron chi connectivity index (χ4n) is 2.25. The number of nitrogens with one attached hydrogen (secondary N) is 1. The Morgan fingerprint density at radius 1 is 1.29 bits per heavy atom. The molecule has 1 aliphatic carbocycles. The van der Waals surface area contributed by atoms with Gasteiger partial charge in [-0.2, -0.15) is 0 Å². The lowest BCUT2D eigenvalue weighted by Crippen LogP contribution is -2.04. The van der Waals surface area contributed by atoms with Gasteiger partial charge >= 0.3 is 0 Å². The molecule has 0 bridgehead atoms. The number of ether oxygens (including phenoxy) is 1. The second-order valence-corrected chi connectivity index (χ2v) is 6.01. The van der Waals surface area contributed by atoms with Crippen molar-refractivity contribution in [3.05, 3.63) is 34.4 Å².